The Hall–Kier alpha value is -1.82. The van der Waals surface area contributed by atoms with E-state index in [1.165, 1.54) is 4.57 Å². The quantitative estimate of drug-likeness (QED) is 0.817. The Morgan fingerprint density at radius 3 is 2.53 bits per heavy atom. The molecule has 0 amide bonds. The second kappa shape index (κ2) is 5.01. The summed E-state index contributed by atoms with van der Waals surface area (Å²) in [7, 11) is 0. The zero-order valence-corrected chi connectivity index (χ0v) is 10.2. The van der Waals surface area contributed by atoms with Crippen LogP contribution in [-0.2, 0) is 0 Å². The van der Waals surface area contributed by atoms with E-state index in [1.54, 1.807) is 12.1 Å². The van der Waals surface area contributed by atoms with Crippen LogP contribution in [0.4, 0.5) is 0 Å². The summed E-state index contributed by atoms with van der Waals surface area (Å²) >= 11 is 5.00. The third-order valence-electron chi connectivity index (χ3n) is 2.25. The van der Waals surface area contributed by atoms with Gasteiger partial charge in [-0.25, -0.2) is 14.5 Å². The monoisotopic (exact) mass is 251 g/mol. The molecule has 1 aromatic heterocycles. The molecule has 2 N–H and O–H groups in total. The Morgan fingerprint density at radius 1 is 1.29 bits per heavy atom. The van der Waals surface area contributed by atoms with Gasteiger partial charge in [0, 0.05) is 0 Å². The van der Waals surface area contributed by atoms with Crippen LogP contribution in [0, 0.1) is 4.77 Å². The third kappa shape index (κ3) is 2.47. The maximum atomic E-state index is 11.5. The van der Waals surface area contributed by atoms with Crippen molar-refractivity contribution in [2.75, 3.05) is 6.61 Å². The van der Waals surface area contributed by atoms with Gasteiger partial charge in [-0.2, -0.15) is 0 Å². The molecular formula is C11H13N3O2S. The molecule has 2 rings (SSSR count). The fraction of sp³-hybridized carbons (Fsp3) is 0.273. The summed E-state index contributed by atoms with van der Waals surface area (Å²) in [6, 6.07) is 7.23. The molecule has 0 atom stereocenters. The molecule has 1 aromatic carbocycles. The standard InChI is InChI=1S/C11H13N3O2S/c1-2-7-16-9-5-3-8(4-6-9)14-10(15)12-13-11(14)17/h3-6H,2,7H2,1H3,(H,12,15)(H,13,17). The molecule has 0 bridgehead atoms. The van der Waals surface area contributed by atoms with Gasteiger partial charge >= 0.3 is 5.69 Å². The SMILES string of the molecule is CCCOc1ccc(-n2c(=O)[nH][nH]c2=S)cc1. The Kier molecular flexibility index (Phi) is 3.43. The van der Waals surface area contributed by atoms with Gasteiger partial charge in [0.15, 0.2) is 0 Å². The molecule has 0 spiro atoms. The Bertz CT molecular complexity index is 567. The van der Waals surface area contributed by atoms with E-state index >= 15 is 0 Å². The second-order valence-corrected chi connectivity index (χ2v) is 3.92. The smallest absolute Gasteiger partial charge is 0.347 e. The van der Waals surface area contributed by atoms with Crippen LogP contribution in [0.3, 0.4) is 0 Å². The topological polar surface area (TPSA) is 62.8 Å². The maximum absolute atomic E-state index is 11.5. The van der Waals surface area contributed by atoms with Crippen molar-refractivity contribution in [3.8, 4) is 11.4 Å². The highest BCUT2D eigenvalue weighted by Gasteiger charge is 2.03. The van der Waals surface area contributed by atoms with Gasteiger partial charge in [-0.3, -0.25) is 5.10 Å². The summed E-state index contributed by atoms with van der Waals surface area (Å²) in [6.45, 7) is 2.73. The zero-order valence-electron chi connectivity index (χ0n) is 9.40. The number of hydrogen-bond donors (Lipinski definition) is 2. The lowest BCUT2D eigenvalue weighted by molar-refractivity contribution is 0.317. The highest BCUT2D eigenvalue weighted by Crippen LogP contribution is 2.14. The molecular weight excluding hydrogens is 238 g/mol. The van der Waals surface area contributed by atoms with Gasteiger partial charge in [0.2, 0.25) is 4.77 Å². The normalized spacial score (nSPS) is 10.4. The highest BCUT2D eigenvalue weighted by molar-refractivity contribution is 7.71. The van der Waals surface area contributed by atoms with Gasteiger partial charge in [0.1, 0.15) is 5.75 Å². The van der Waals surface area contributed by atoms with Crippen molar-refractivity contribution < 1.29 is 4.74 Å². The predicted octanol–water partition coefficient (Wildman–Crippen LogP) is 2.01. The number of nitrogens with one attached hydrogen (secondary N) is 2. The minimum Gasteiger partial charge on any atom is -0.494 e. The lowest BCUT2D eigenvalue weighted by atomic mass is 10.3. The van der Waals surface area contributed by atoms with E-state index in [0.717, 1.165) is 12.2 Å². The lowest BCUT2D eigenvalue weighted by Gasteiger charge is -2.05. The van der Waals surface area contributed by atoms with Gasteiger partial charge in [-0.1, -0.05) is 6.92 Å². The average molecular weight is 251 g/mol. The molecule has 0 saturated carbocycles. The summed E-state index contributed by atoms with van der Waals surface area (Å²) in [5.74, 6) is 0.786. The average Bonchev–Trinajstić information content (AvgIpc) is 2.67. The van der Waals surface area contributed by atoms with E-state index in [-0.39, 0.29) is 5.69 Å². The number of benzene rings is 1. The van der Waals surface area contributed by atoms with Crippen LogP contribution >= 0.6 is 12.2 Å². The molecule has 17 heavy (non-hydrogen) atoms. The largest absolute Gasteiger partial charge is 0.494 e. The number of aromatic amines is 2. The molecule has 0 aliphatic carbocycles. The van der Waals surface area contributed by atoms with Gasteiger partial charge < -0.3 is 4.74 Å². The molecule has 5 nitrogen and oxygen atoms in total. The highest BCUT2D eigenvalue weighted by atomic mass is 32.1. The summed E-state index contributed by atoms with van der Waals surface area (Å²) in [6.07, 6.45) is 0.963. The van der Waals surface area contributed by atoms with Crippen molar-refractivity contribution >= 4 is 12.2 Å². The summed E-state index contributed by atoms with van der Waals surface area (Å²) in [4.78, 5) is 11.5. The molecule has 0 fully saturated rings. The van der Waals surface area contributed by atoms with Crippen molar-refractivity contribution in [3.05, 3.63) is 39.5 Å². The fourth-order valence-corrected chi connectivity index (χ4v) is 1.70. The van der Waals surface area contributed by atoms with Gasteiger partial charge in [-0.05, 0) is 42.9 Å². The van der Waals surface area contributed by atoms with Crippen LogP contribution in [0.15, 0.2) is 29.1 Å². The molecule has 1 heterocycles. The van der Waals surface area contributed by atoms with E-state index in [4.69, 9.17) is 17.0 Å². The lowest BCUT2D eigenvalue weighted by Crippen LogP contribution is -2.14. The Balaban J connectivity index is 2.30. The van der Waals surface area contributed by atoms with Crippen molar-refractivity contribution in [1.29, 1.82) is 0 Å². The predicted molar refractivity (Wildman–Crippen MR) is 67.4 cm³/mol. The first-order valence-electron chi connectivity index (χ1n) is 5.35. The summed E-state index contributed by atoms with van der Waals surface area (Å²) < 4.78 is 7.19. The van der Waals surface area contributed by atoms with Crippen LogP contribution in [0.2, 0.25) is 0 Å². The first-order valence-corrected chi connectivity index (χ1v) is 5.76. The number of hydrogen-bond acceptors (Lipinski definition) is 3. The number of nitrogens with zero attached hydrogens (tertiary/aromatic N) is 1. The van der Waals surface area contributed by atoms with E-state index < -0.39 is 0 Å². The number of aromatic nitrogens is 3. The van der Waals surface area contributed by atoms with E-state index in [0.29, 0.717) is 17.1 Å². The summed E-state index contributed by atoms with van der Waals surface area (Å²) in [5, 5.41) is 5.02. The molecule has 0 saturated heterocycles. The van der Waals surface area contributed by atoms with Crippen molar-refractivity contribution in [3.63, 3.8) is 0 Å². The van der Waals surface area contributed by atoms with E-state index in [9.17, 15) is 4.79 Å². The minimum atomic E-state index is -0.280. The number of rotatable bonds is 4. The van der Waals surface area contributed by atoms with Crippen molar-refractivity contribution in [2.24, 2.45) is 0 Å². The van der Waals surface area contributed by atoms with Crippen molar-refractivity contribution in [2.45, 2.75) is 13.3 Å². The second-order valence-electron chi connectivity index (χ2n) is 3.54. The van der Waals surface area contributed by atoms with Crippen LogP contribution in [-0.4, -0.2) is 21.4 Å². The molecule has 0 aliphatic heterocycles. The maximum Gasteiger partial charge on any atom is 0.347 e. The molecule has 6 heteroatoms. The van der Waals surface area contributed by atoms with Crippen LogP contribution in [0.25, 0.3) is 5.69 Å². The Labute approximate surface area is 103 Å². The van der Waals surface area contributed by atoms with Crippen LogP contribution < -0.4 is 10.4 Å². The number of H-pyrrole nitrogens is 2. The van der Waals surface area contributed by atoms with E-state index in [1.807, 2.05) is 19.1 Å². The van der Waals surface area contributed by atoms with Gasteiger partial charge in [0.25, 0.3) is 0 Å². The first kappa shape index (κ1) is 11.7. The van der Waals surface area contributed by atoms with Crippen LogP contribution in [0.1, 0.15) is 13.3 Å². The molecule has 0 aliphatic rings. The summed E-state index contributed by atoms with van der Waals surface area (Å²) in [5.41, 5.74) is 0.429. The number of ether oxygens (including phenoxy) is 1. The Morgan fingerprint density at radius 2 is 2.00 bits per heavy atom. The third-order valence-corrected chi connectivity index (χ3v) is 2.53. The zero-order chi connectivity index (χ0) is 12.3. The first-order chi connectivity index (χ1) is 8.22. The fourth-order valence-electron chi connectivity index (χ4n) is 1.46. The minimum absolute atomic E-state index is 0.280. The van der Waals surface area contributed by atoms with Crippen LogP contribution in [0.5, 0.6) is 5.75 Å². The van der Waals surface area contributed by atoms with Gasteiger partial charge in [-0.15, -0.1) is 0 Å². The molecule has 2 aromatic rings. The molecule has 90 valence electrons. The van der Waals surface area contributed by atoms with Gasteiger partial charge in [0.05, 0.1) is 12.3 Å². The van der Waals surface area contributed by atoms with Crippen molar-refractivity contribution in [1.82, 2.24) is 14.8 Å². The molecule has 0 radical (unpaired) electrons. The molecule has 0 unspecified atom stereocenters. The van der Waals surface area contributed by atoms with E-state index in [2.05, 4.69) is 10.2 Å².